The minimum absolute atomic E-state index is 0.235. The first-order chi connectivity index (χ1) is 9.74. The van der Waals surface area contributed by atoms with E-state index in [1.54, 1.807) is 12.1 Å². The SMILES string of the molecule is CCCCCCOc1c(C)ccc(N=C=O)c1N=C=O. The summed E-state index contributed by atoms with van der Waals surface area (Å²) < 4.78 is 5.69. The lowest BCUT2D eigenvalue weighted by Crippen LogP contribution is -1.99. The van der Waals surface area contributed by atoms with Gasteiger partial charge in [-0.1, -0.05) is 32.3 Å². The minimum Gasteiger partial charge on any atom is -0.491 e. The highest BCUT2D eigenvalue weighted by molar-refractivity contribution is 5.76. The van der Waals surface area contributed by atoms with Gasteiger partial charge in [0.05, 0.1) is 6.61 Å². The van der Waals surface area contributed by atoms with Crippen molar-refractivity contribution in [2.75, 3.05) is 6.61 Å². The van der Waals surface area contributed by atoms with Gasteiger partial charge in [-0.2, -0.15) is 9.98 Å². The fourth-order valence-corrected chi connectivity index (χ4v) is 1.84. The molecule has 106 valence electrons. The van der Waals surface area contributed by atoms with Gasteiger partial charge < -0.3 is 4.74 Å². The van der Waals surface area contributed by atoms with Crippen LogP contribution in [0.4, 0.5) is 11.4 Å². The van der Waals surface area contributed by atoms with E-state index < -0.39 is 0 Å². The maximum atomic E-state index is 10.5. The third-order valence-electron chi connectivity index (χ3n) is 2.87. The predicted octanol–water partition coefficient (Wildman–Crippen LogP) is 3.89. The Morgan fingerprint density at radius 3 is 2.50 bits per heavy atom. The molecule has 0 aliphatic heterocycles. The number of hydrogen-bond acceptors (Lipinski definition) is 5. The molecule has 0 radical (unpaired) electrons. The van der Waals surface area contributed by atoms with Crippen molar-refractivity contribution in [1.29, 1.82) is 0 Å². The molecule has 1 aromatic rings. The van der Waals surface area contributed by atoms with Crippen molar-refractivity contribution >= 4 is 23.5 Å². The standard InChI is InChI=1S/C15H18N2O3/c1-3-4-5-6-9-20-15-12(2)7-8-13(16-10-18)14(15)17-11-19/h7-8H,3-6,9H2,1-2H3. The van der Waals surface area contributed by atoms with Gasteiger partial charge in [-0.25, -0.2) is 9.59 Å². The van der Waals surface area contributed by atoms with Gasteiger partial charge >= 0.3 is 0 Å². The highest BCUT2D eigenvalue weighted by Gasteiger charge is 2.12. The van der Waals surface area contributed by atoms with Crippen LogP contribution in [0.1, 0.15) is 38.2 Å². The summed E-state index contributed by atoms with van der Waals surface area (Å²) in [4.78, 5) is 28.0. The maximum absolute atomic E-state index is 10.5. The lowest BCUT2D eigenvalue weighted by Gasteiger charge is -2.12. The number of rotatable bonds is 8. The van der Waals surface area contributed by atoms with Crippen LogP contribution in [-0.4, -0.2) is 18.8 Å². The molecule has 1 aromatic carbocycles. The number of nitrogens with zero attached hydrogens (tertiary/aromatic N) is 2. The Morgan fingerprint density at radius 1 is 1.10 bits per heavy atom. The summed E-state index contributed by atoms with van der Waals surface area (Å²) in [5, 5.41) is 0. The molecule has 0 aliphatic carbocycles. The molecule has 0 unspecified atom stereocenters. The molecule has 0 N–H and O–H groups in total. The molecule has 0 heterocycles. The number of benzene rings is 1. The van der Waals surface area contributed by atoms with Crippen LogP contribution in [0.2, 0.25) is 0 Å². The van der Waals surface area contributed by atoms with E-state index >= 15 is 0 Å². The molecule has 20 heavy (non-hydrogen) atoms. The summed E-state index contributed by atoms with van der Waals surface area (Å²) >= 11 is 0. The van der Waals surface area contributed by atoms with Gasteiger partial charge in [0.2, 0.25) is 12.2 Å². The molecular weight excluding hydrogens is 256 g/mol. The van der Waals surface area contributed by atoms with E-state index in [9.17, 15) is 9.59 Å². The van der Waals surface area contributed by atoms with Crippen molar-refractivity contribution in [2.45, 2.75) is 39.5 Å². The Balaban J connectivity index is 2.94. The Hall–Kier alpha value is -2.22. The van der Waals surface area contributed by atoms with Crippen molar-refractivity contribution in [3.63, 3.8) is 0 Å². The molecule has 0 saturated carbocycles. The molecule has 0 amide bonds. The van der Waals surface area contributed by atoms with E-state index in [2.05, 4.69) is 16.9 Å². The van der Waals surface area contributed by atoms with Gasteiger partial charge in [0.1, 0.15) is 11.4 Å². The van der Waals surface area contributed by atoms with Crippen LogP contribution in [0.3, 0.4) is 0 Å². The van der Waals surface area contributed by atoms with Crippen LogP contribution in [0.15, 0.2) is 22.1 Å². The molecule has 0 bridgehead atoms. The molecule has 1 rings (SSSR count). The number of carbonyl (C=O) groups excluding carboxylic acids is 2. The van der Waals surface area contributed by atoms with Crippen molar-refractivity contribution in [1.82, 2.24) is 0 Å². The van der Waals surface area contributed by atoms with Crippen LogP contribution < -0.4 is 4.74 Å². The van der Waals surface area contributed by atoms with E-state index in [1.165, 1.54) is 12.2 Å². The molecule has 0 saturated heterocycles. The monoisotopic (exact) mass is 274 g/mol. The lowest BCUT2D eigenvalue weighted by molar-refractivity contribution is 0.304. The van der Waals surface area contributed by atoms with Gasteiger partial charge in [-0.3, -0.25) is 0 Å². The fraction of sp³-hybridized carbons (Fsp3) is 0.467. The van der Waals surface area contributed by atoms with E-state index in [4.69, 9.17) is 4.74 Å². The average Bonchev–Trinajstić information content (AvgIpc) is 2.44. The highest BCUT2D eigenvalue weighted by atomic mass is 16.5. The second-order valence-corrected chi connectivity index (χ2v) is 4.39. The molecule has 5 nitrogen and oxygen atoms in total. The smallest absolute Gasteiger partial charge is 0.240 e. The van der Waals surface area contributed by atoms with Gasteiger partial charge in [0.15, 0.2) is 5.75 Å². The van der Waals surface area contributed by atoms with Crippen LogP contribution in [0.5, 0.6) is 5.75 Å². The summed E-state index contributed by atoms with van der Waals surface area (Å²) in [6.45, 7) is 4.53. The number of unbranched alkanes of at least 4 members (excludes halogenated alkanes) is 3. The third kappa shape index (κ3) is 4.47. The van der Waals surface area contributed by atoms with Gasteiger partial charge in [0.25, 0.3) is 0 Å². The Morgan fingerprint density at radius 2 is 1.85 bits per heavy atom. The van der Waals surface area contributed by atoms with Gasteiger partial charge in [0, 0.05) is 0 Å². The Labute approximate surface area is 118 Å². The van der Waals surface area contributed by atoms with Crippen LogP contribution in [0.25, 0.3) is 0 Å². The van der Waals surface area contributed by atoms with Crippen molar-refractivity contribution < 1.29 is 14.3 Å². The molecule has 5 heteroatoms. The predicted molar refractivity (Wildman–Crippen MR) is 76.4 cm³/mol. The van der Waals surface area contributed by atoms with Crippen molar-refractivity contribution in [3.8, 4) is 5.75 Å². The highest BCUT2D eigenvalue weighted by Crippen LogP contribution is 2.39. The topological polar surface area (TPSA) is 68.1 Å². The zero-order valence-corrected chi connectivity index (χ0v) is 11.8. The lowest BCUT2D eigenvalue weighted by atomic mass is 10.1. The van der Waals surface area contributed by atoms with Crippen LogP contribution in [-0.2, 0) is 9.59 Å². The molecular formula is C15H18N2O3. The molecule has 0 aromatic heterocycles. The zero-order valence-electron chi connectivity index (χ0n) is 11.8. The van der Waals surface area contributed by atoms with E-state index in [1.807, 2.05) is 6.92 Å². The summed E-state index contributed by atoms with van der Waals surface area (Å²) in [5.74, 6) is 0.473. The third-order valence-corrected chi connectivity index (χ3v) is 2.87. The second-order valence-electron chi connectivity index (χ2n) is 4.39. The normalized spacial score (nSPS) is 9.50. The first-order valence-corrected chi connectivity index (χ1v) is 6.66. The van der Waals surface area contributed by atoms with Gasteiger partial charge in [-0.15, -0.1) is 0 Å². The molecule has 0 atom stereocenters. The maximum Gasteiger partial charge on any atom is 0.240 e. The van der Waals surface area contributed by atoms with Gasteiger partial charge in [-0.05, 0) is 25.0 Å². The molecule has 0 aliphatic rings. The average molecular weight is 274 g/mol. The largest absolute Gasteiger partial charge is 0.491 e. The van der Waals surface area contributed by atoms with Crippen LogP contribution >= 0.6 is 0 Å². The number of aryl methyl sites for hydroxylation is 1. The number of hydrogen-bond donors (Lipinski definition) is 0. The number of aliphatic imine (C=N–C) groups is 2. The number of isocyanates is 2. The Kier molecular flexibility index (Phi) is 6.97. The fourth-order valence-electron chi connectivity index (χ4n) is 1.84. The number of ether oxygens (including phenoxy) is 1. The summed E-state index contributed by atoms with van der Waals surface area (Å²) in [6, 6.07) is 3.36. The first-order valence-electron chi connectivity index (χ1n) is 6.66. The van der Waals surface area contributed by atoms with E-state index in [-0.39, 0.29) is 11.4 Å². The Bertz CT molecular complexity index is 542. The van der Waals surface area contributed by atoms with E-state index in [0.717, 1.165) is 31.2 Å². The van der Waals surface area contributed by atoms with Crippen molar-refractivity contribution in [3.05, 3.63) is 17.7 Å². The molecule has 0 spiro atoms. The molecule has 0 fully saturated rings. The van der Waals surface area contributed by atoms with Crippen molar-refractivity contribution in [2.24, 2.45) is 9.98 Å². The summed E-state index contributed by atoms with van der Waals surface area (Å²) in [6.07, 6.45) is 7.25. The quantitative estimate of drug-likeness (QED) is 0.410. The second kappa shape index (κ2) is 8.81. The summed E-state index contributed by atoms with van der Waals surface area (Å²) in [7, 11) is 0. The van der Waals surface area contributed by atoms with E-state index in [0.29, 0.717) is 12.4 Å². The first kappa shape index (κ1) is 15.8. The summed E-state index contributed by atoms with van der Waals surface area (Å²) in [5.41, 5.74) is 1.33. The zero-order chi connectivity index (χ0) is 14.8. The van der Waals surface area contributed by atoms with Crippen LogP contribution in [0, 0.1) is 6.92 Å². The minimum atomic E-state index is 0.235.